The second kappa shape index (κ2) is 7.98. The second-order valence-electron chi connectivity index (χ2n) is 7.45. The minimum atomic E-state index is -0.227. The third kappa shape index (κ3) is 4.59. The number of carbonyl (C=O) groups excluding carboxylic acids is 2. The quantitative estimate of drug-likeness (QED) is 0.822. The van der Waals surface area contributed by atoms with Crippen molar-refractivity contribution in [1.29, 1.82) is 0 Å². The summed E-state index contributed by atoms with van der Waals surface area (Å²) >= 11 is 0. The van der Waals surface area contributed by atoms with E-state index in [0.717, 1.165) is 44.5 Å². The van der Waals surface area contributed by atoms with Crippen LogP contribution in [0.1, 0.15) is 44.6 Å². The van der Waals surface area contributed by atoms with Crippen molar-refractivity contribution in [2.45, 2.75) is 51.5 Å². The van der Waals surface area contributed by atoms with Crippen LogP contribution in [-0.4, -0.2) is 47.3 Å². The first-order valence-corrected chi connectivity index (χ1v) is 9.34. The van der Waals surface area contributed by atoms with Crippen molar-refractivity contribution in [2.24, 2.45) is 5.92 Å². The Hall–Kier alpha value is -1.91. The van der Waals surface area contributed by atoms with Gasteiger partial charge in [0.15, 0.2) is 0 Å². The molecule has 0 radical (unpaired) electrons. The molecule has 0 saturated carbocycles. The summed E-state index contributed by atoms with van der Waals surface area (Å²) in [4.78, 5) is 28.3. The third-order valence-corrected chi connectivity index (χ3v) is 5.36. The van der Waals surface area contributed by atoms with Crippen LogP contribution in [0.15, 0.2) is 24.3 Å². The highest BCUT2D eigenvalue weighted by molar-refractivity contribution is 5.79. The number of benzene rings is 1. The Balaban J connectivity index is 1.45. The van der Waals surface area contributed by atoms with Crippen molar-refractivity contribution >= 4 is 11.8 Å². The van der Waals surface area contributed by atoms with E-state index in [4.69, 9.17) is 0 Å². The van der Waals surface area contributed by atoms with Gasteiger partial charge in [-0.1, -0.05) is 19.1 Å². The number of hydrogen-bond acceptors (Lipinski definition) is 2. The molecular weight excluding hydrogens is 319 g/mol. The van der Waals surface area contributed by atoms with Crippen LogP contribution in [0.2, 0.25) is 0 Å². The van der Waals surface area contributed by atoms with Gasteiger partial charge in [-0.05, 0) is 49.3 Å². The van der Waals surface area contributed by atoms with Crippen molar-refractivity contribution in [3.63, 3.8) is 0 Å². The SMILES string of the molecule is C[C@@H](CC(=O)N1CCC(N2CCCC2=O)CC1)Cc1cccc(F)c1. The molecular formula is C20H27FN2O2. The number of halogens is 1. The Morgan fingerprint density at radius 3 is 2.68 bits per heavy atom. The molecule has 5 heteroatoms. The van der Waals surface area contributed by atoms with Crippen molar-refractivity contribution < 1.29 is 14.0 Å². The molecule has 0 N–H and O–H groups in total. The van der Waals surface area contributed by atoms with Gasteiger partial charge < -0.3 is 9.80 Å². The highest BCUT2D eigenvalue weighted by Crippen LogP contribution is 2.23. The van der Waals surface area contributed by atoms with Crippen LogP contribution < -0.4 is 0 Å². The Morgan fingerprint density at radius 2 is 2.04 bits per heavy atom. The number of nitrogens with zero attached hydrogens (tertiary/aromatic N) is 2. The predicted molar refractivity (Wildman–Crippen MR) is 94.4 cm³/mol. The average Bonchev–Trinajstić information content (AvgIpc) is 3.01. The molecule has 25 heavy (non-hydrogen) atoms. The molecule has 3 rings (SSSR count). The number of carbonyl (C=O) groups is 2. The highest BCUT2D eigenvalue weighted by Gasteiger charge is 2.32. The minimum Gasteiger partial charge on any atom is -0.343 e. The maximum Gasteiger partial charge on any atom is 0.222 e. The van der Waals surface area contributed by atoms with Gasteiger partial charge in [0.2, 0.25) is 11.8 Å². The van der Waals surface area contributed by atoms with Gasteiger partial charge in [0.25, 0.3) is 0 Å². The van der Waals surface area contributed by atoms with Gasteiger partial charge in [-0.3, -0.25) is 9.59 Å². The molecule has 0 spiro atoms. The zero-order valence-electron chi connectivity index (χ0n) is 14.9. The molecule has 0 aliphatic carbocycles. The van der Waals surface area contributed by atoms with Crippen LogP contribution in [-0.2, 0) is 16.0 Å². The highest BCUT2D eigenvalue weighted by atomic mass is 19.1. The average molecular weight is 346 g/mol. The van der Waals surface area contributed by atoms with E-state index >= 15 is 0 Å². The Morgan fingerprint density at radius 1 is 1.28 bits per heavy atom. The first-order chi connectivity index (χ1) is 12.0. The van der Waals surface area contributed by atoms with Crippen molar-refractivity contribution in [2.75, 3.05) is 19.6 Å². The molecule has 0 aromatic heterocycles. The minimum absolute atomic E-state index is 0.176. The lowest BCUT2D eigenvalue weighted by atomic mass is 9.96. The van der Waals surface area contributed by atoms with Crippen LogP contribution in [0.4, 0.5) is 4.39 Å². The number of likely N-dealkylation sites (tertiary alicyclic amines) is 2. The second-order valence-corrected chi connectivity index (χ2v) is 7.45. The fraction of sp³-hybridized carbons (Fsp3) is 0.600. The first kappa shape index (κ1) is 17.9. The predicted octanol–water partition coefficient (Wildman–Crippen LogP) is 3.01. The number of piperidine rings is 1. The smallest absolute Gasteiger partial charge is 0.222 e. The van der Waals surface area contributed by atoms with E-state index in [0.29, 0.717) is 25.3 Å². The van der Waals surface area contributed by atoms with Gasteiger partial charge >= 0.3 is 0 Å². The fourth-order valence-electron chi connectivity index (χ4n) is 4.05. The maximum absolute atomic E-state index is 13.3. The van der Waals surface area contributed by atoms with Crippen LogP contribution in [0, 0.1) is 11.7 Å². The van der Waals surface area contributed by atoms with E-state index in [-0.39, 0.29) is 23.5 Å². The van der Waals surface area contributed by atoms with E-state index in [1.54, 1.807) is 12.1 Å². The molecule has 2 aliphatic rings. The molecule has 0 unspecified atom stereocenters. The molecule has 2 aliphatic heterocycles. The topological polar surface area (TPSA) is 40.6 Å². The number of amides is 2. The van der Waals surface area contributed by atoms with Gasteiger partial charge in [-0.15, -0.1) is 0 Å². The lowest BCUT2D eigenvalue weighted by Crippen LogP contribution is -2.47. The normalized spacial score (nSPS) is 20.2. The van der Waals surface area contributed by atoms with E-state index in [2.05, 4.69) is 0 Å². The Labute approximate surface area is 149 Å². The number of rotatable bonds is 5. The lowest BCUT2D eigenvalue weighted by Gasteiger charge is -2.37. The van der Waals surface area contributed by atoms with E-state index in [1.807, 2.05) is 22.8 Å². The summed E-state index contributed by atoms with van der Waals surface area (Å²) in [7, 11) is 0. The standard InChI is InChI=1S/C20H27FN2O2/c1-15(12-16-4-2-5-17(21)14-16)13-20(25)22-10-7-18(8-11-22)23-9-3-6-19(23)24/h2,4-5,14-15,18H,3,6-13H2,1H3/t15-/m1/s1. The first-order valence-electron chi connectivity index (χ1n) is 9.34. The largest absolute Gasteiger partial charge is 0.343 e. The van der Waals surface area contributed by atoms with Gasteiger partial charge in [0.1, 0.15) is 5.82 Å². The van der Waals surface area contributed by atoms with E-state index in [9.17, 15) is 14.0 Å². The fourth-order valence-corrected chi connectivity index (χ4v) is 4.05. The van der Waals surface area contributed by atoms with Gasteiger partial charge in [-0.2, -0.15) is 0 Å². The lowest BCUT2D eigenvalue weighted by molar-refractivity contribution is -0.135. The molecule has 136 valence electrons. The van der Waals surface area contributed by atoms with Gasteiger partial charge in [0, 0.05) is 38.5 Å². The summed E-state index contributed by atoms with van der Waals surface area (Å²) in [5, 5.41) is 0. The molecule has 1 aromatic rings. The summed E-state index contributed by atoms with van der Waals surface area (Å²) in [6, 6.07) is 6.91. The molecule has 2 saturated heterocycles. The van der Waals surface area contributed by atoms with Crippen molar-refractivity contribution in [1.82, 2.24) is 9.80 Å². The summed E-state index contributed by atoms with van der Waals surface area (Å²) in [5.74, 6) is 0.408. The molecule has 4 nitrogen and oxygen atoms in total. The van der Waals surface area contributed by atoms with Crippen molar-refractivity contribution in [3.05, 3.63) is 35.6 Å². The van der Waals surface area contributed by atoms with Gasteiger partial charge in [-0.25, -0.2) is 4.39 Å². The van der Waals surface area contributed by atoms with Crippen molar-refractivity contribution in [3.8, 4) is 0 Å². The van der Waals surface area contributed by atoms with E-state index < -0.39 is 0 Å². The summed E-state index contributed by atoms with van der Waals surface area (Å²) in [5.41, 5.74) is 0.937. The molecule has 2 fully saturated rings. The Bertz CT molecular complexity index is 626. The van der Waals surface area contributed by atoms with Gasteiger partial charge in [0.05, 0.1) is 0 Å². The molecule has 0 bridgehead atoms. The summed E-state index contributed by atoms with van der Waals surface area (Å²) < 4.78 is 13.3. The molecule has 1 atom stereocenters. The van der Waals surface area contributed by atoms with E-state index in [1.165, 1.54) is 6.07 Å². The monoisotopic (exact) mass is 346 g/mol. The zero-order chi connectivity index (χ0) is 17.8. The molecule has 2 amide bonds. The Kier molecular flexibility index (Phi) is 5.71. The third-order valence-electron chi connectivity index (χ3n) is 5.36. The van der Waals surface area contributed by atoms with Crippen LogP contribution >= 0.6 is 0 Å². The molecule has 2 heterocycles. The van der Waals surface area contributed by atoms with Crippen LogP contribution in [0.5, 0.6) is 0 Å². The zero-order valence-corrected chi connectivity index (χ0v) is 14.9. The molecule has 1 aromatic carbocycles. The van der Waals surface area contributed by atoms with Crippen LogP contribution in [0.3, 0.4) is 0 Å². The summed E-state index contributed by atoms with van der Waals surface area (Å²) in [6.45, 7) is 4.39. The maximum atomic E-state index is 13.3. The number of hydrogen-bond donors (Lipinski definition) is 0. The summed E-state index contributed by atoms with van der Waals surface area (Å²) in [6.07, 6.45) is 4.61. The van der Waals surface area contributed by atoms with Crippen LogP contribution in [0.25, 0.3) is 0 Å².